The molecule has 2 aliphatic rings. The van der Waals surface area contributed by atoms with Crippen molar-refractivity contribution in [3.63, 3.8) is 0 Å². The van der Waals surface area contributed by atoms with Crippen molar-refractivity contribution in [3.05, 3.63) is 12.2 Å². The maximum Gasteiger partial charge on any atom is 0.200 e. The van der Waals surface area contributed by atoms with Gasteiger partial charge in [-0.2, -0.15) is 0 Å². The molecule has 1 aliphatic heterocycles. The SMILES string of the molecule is C=C1[C@@H](O)C[C@H](O[Si](C(C)C)(C(C)C)C(C)C)C[C@]12CCOC(C)(C)O2. The van der Waals surface area contributed by atoms with E-state index in [0.29, 0.717) is 29.7 Å². The smallest absolute Gasteiger partial charge is 0.200 e. The molecule has 26 heavy (non-hydrogen) atoms. The highest BCUT2D eigenvalue weighted by atomic mass is 28.4. The van der Waals surface area contributed by atoms with Crippen molar-refractivity contribution in [1.29, 1.82) is 0 Å². The molecule has 1 saturated carbocycles. The van der Waals surface area contributed by atoms with Crippen LogP contribution in [0.2, 0.25) is 16.6 Å². The Kier molecular flexibility index (Phi) is 6.51. The van der Waals surface area contributed by atoms with Crippen LogP contribution in [0.15, 0.2) is 12.2 Å². The third kappa shape index (κ3) is 3.97. The summed E-state index contributed by atoms with van der Waals surface area (Å²) in [6, 6.07) is 0. The average molecular weight is 385 g/mol. The van der Waals surface area contributed by atoms with Crippen LogP contribution >= 0.6 is 0 Å². The van der Waals surface area contributed by atoms with E-state index in [9.17, 15) is 5.11 Å². The molecule has 0 aromatic carbocycles. The highest BCUT2D eigenvalue weighted by Crippen LogP contribution is 2.49. The Morgan fingerprint density at radius 3 is 2.12 bits per heavy atom. The normalized spacial score (nSPS) is 32.8. The Balaban J connectivity index is 2.31. The third-order valence-electron chi connectivity index (χ3n) is 6.51. The minimum absolute atomic E-state index is 0.00302. The molecule has 0 aromatic rings. The van der Waals surface area contributed by atoms with E-state index in [2.05, 4.69) is 48.1 Å². The first-order chi connectivity index (χ1) is 11.9. The highest BCUT2D eigenvalue weighted by molar-refractivity contribution is 6.77. The lowest BCUT2D eigenvalue weighted by Gasteiger charge is -2.53. The van der Waals surface area contributed by atoms with Gasteiger partial charge in [-0.3, -0.25) is 0 Å². The van der Waals surface area contributed by atoms with Crippen LogP contribution in [0.25, 0.3) is 0 Å². The van der Waals surface area contributed by atoms with Gasteiger partial charge in [-0.1, -0.05) is 48.1 Å². The monoisotopic (exact) mass is 384 g/mol. The van der Waals surface area contributed by atoms with E-state index in [1.165, 1.54) is 0 Å². The zero-order valence-electron chi connectivity index (χ0n) is 18.1. The number of rotatable bonds is 5. The maximum absolute atomic E-state index is 10.8. The second kappa shape index (κ2) is 7.67. The first kappa shape index (κ1) is 22.1. The van der Waals surface area contributed by atoms with Crippen LogP contribution in [-0.2, 0) is 13.9 Å². The topological polar surface area (TPSA) is 47.9 Å². The molecule has 0 bridgehead atoms. The average Bonchev–Trinajstić information content (AvgIpc) is 2.48. The van der Waals surface area contributed by atoms with Gasteiger partial charge < -0.3 is 19.0 Å². The van der Waals surface area contributed by atoms with Gasteiger partial charge in [0.2, 0.25) is 8.32 Å². The fraction of sp³-hybridized carbons (Fsp3) is 0.905. The quantitative estimate of drug-likeness (QED) is 0.525. The molecule has 2 rings (SSSR count). The Labute approximate surface area is 161 Å². The van der Waals surface area contributed by atoms with Gasteiger partial charge in [-0.25, -0.2) is 0 Å². The predicted molar refractivity (Wildman–Crippen MR) is 109 cm³/mol. The summed E-state index contributed by atoms with van der Waals surface area (Å²) in [5.74, 6) is -0.661. The van der Waals surface area contributed by atoms with Crippen molar-refractivity contribution in [3.8, 4) is 0 Å². The Morgan fingerprint density at radius 1 is 1.12 bits per heavy atom. The number of hydrogen-bond acceptors (Lipinski definition) is 4. The van der Waals surface area contributed by atoms with E-state index < -0.39 is 25.8 Å². The van der Waals surface area contributed by atoms with Crippen molar-refractivity contribution in [2.75, 3.05) is 6.61 Å². The molecule has 152 valence electrons. The van der Waals surface area contributed by atoms with E-state index in [-0.39, 0.29) is 6.10 Å². The van der Waals surface area contributed by atoms with Gasteiger partial charge in [0.25, 0.3) is 0 Å². The molecule has 1 heterocycles. The van der Waals surface area contributed by atoms with Crippen LogP contribution in [0, 0.1) is 0 Å². The van der Waals surface area contributed by atoms with Gasteiger partial charge in [-0.15, -0.1) is 0 Å². The largest absolute Gasteiger partial charge is 0.413 e. The number of aliphatic hydroxyl groups is 1. The molecule has 1 N–H and O–H groups in total. The van der Waals surface area contributed by atoms with Crippen LogP contribution in [0.1, 0.15) is 74.7 Å². The molecule has 1 aliphatic carbocycles. The lowest BCUT2D eigenvalue weighted by Crippen LogP contribution is -2.59. The van der Waals surface area contributed by atoms with E-state index in [1.54, 1.807) is 0 Å². The minimum atomic E-state index is -2.01. The fourth-order valence-corrected chi connectivity index (χ4v) is 11.0. The summed E-state index contributed by atoms with van der Waals surface area (Å²) in [5, 5.41) is 10.8. The summed E-state index contributed by atoms with van der Waals surface area (Å²) in [6.07, 6.45) is 1.53. The standard InChI is InChI=1S/C21H40O4Si/c1-14(2)26(15(3)4,16(5)6)24-18-12-19(22)17(7)21(13-18)10-11-23-20(8,9)25-21/h14-16,18-19,22H,7,10-13H2,1-6,8-9H3/t18-,19-,21+/m0/s1. The van der Waals surface area contributed by atoms with E-state index >= 15 is 0 Å². The molecule has 5 heteroatoms. The molecule has 0 aromatic heterocycles. The molecular formula is C21H40O4Si. The van der Waals surface area contributed by atoms with Crippen molar-refractivity contribution < 1.29 is 19.0 Å². The highest BCUT2D eigenvalue weighted by Gasteiger charge is 2.53. The van der Waals surface area contributed by atoms with Crippen molar-refractivity contribution >= 4 is 8.32 Å². The predicted octanol–water partition coefficient (Wildman–Crippen LogP) is 5.17. The zero-order chi connectivity index (χ0) is 19.9. The van der Waals surface area contributed by atoms with Crippen molar-refractivity contribution in [2.45, 2.75) is 115 Å². The summed E-state index contributed by atoms with van der Waals surface area (Å²) < 4.78 is 19.1. The number of aliphatic hydroxyl groups excluding tert-OH is 1. The first-order valence-corrected chi connectivity index (χ1v) is 12.4. The van der Waals surface area contributed by atoms with Gasteiger partial charge in [0.1, 0.15) is 0 Å². The summed E-state index contributed by atoms with van der Waals surface area (Å²) >= 11 is 0. The molecule has 0 amide bonds. The summed E-state index contributed by atoms with van der Waals surface area (Å²) in [7, 11) is -2.01. The molecule has 0 unspecified atom stereocenters. The van der Waals surface area contributed by atoms with Crippen LogP contribution in [-0.4, -0.2) is 43.6 Å². The second-order valence-corrected chi connectivity index (χ2v) is 15.0. The van der Waals surface area contributed by atoms with Gasteiger partial charge >= 0.3 is 0 Å². The molecule has 2 fully saturated rings. The molecule has 0 radical (unpaired) electrons. The van der Waals surface area contributed by atoms with Crippen LogP contribution in [0.4, 0.5) is 0 Å². The Morgan fingerprint density at radius 2 is 1.65 bits per heavy atom. The Hall–Kier alpha value is -0.203. The summed E-state index contributed by atoms with van der Waals surface area (Å²) in [6.45, 7) is 22.5. The van der Waals surface area contributed by atoms with Gasteiger partial charge in [0.05, 0.1) is 24.4 Å². The van der Waals surface area contributed by atoms with Crippen LogP contribution in [0.5, 0.6) is 0 Å². The number of ether oxygens (including phenoxy) is 2. The fourth-order valence-electron chi connectivity index (χ4n) is 5.45. The van der Waals surface area contributed by atoms with Gasteiger partial charge in [-0.05, 0) is 36.0 Å². The number of hydrogen-bond donors (Lipinski definition) is 1. The second-order valence-electron chi connectivity index (χ2n) is 9.63. The van der Waals surface area contributed by atoms with Crippen LogP contribution in [0.3, 0.4) is 0 Å². The van der Waals surface area contributed by atoms with Crippen molar-refractivity contribution in [2.24, 2.45) is 0 Å². The van der Waals surface area contributed by atoms with Gasteiger partial charge in [0.15, 0.2) is 5.79 Å². The van der Waals surface area contributed by atoms with E-state index in [0.717, 1.165) is 18.4 Å². The third-order valence-corrected chi connectivity index (χ3v) is 12.7. The maximum atomic E-state index is 10.8. The van der Waals surface area contributed by atoms with Gasteiger partial charge in [0, 0.05) is 19.3 Å². The molecule has 1 saturated heterocycles. The van der Waals surface area contributed by atoms with E-state index in [1.807, 2.05) is 13.8 Å². The van der Waals surface area contributed by atoms with Crippen molar-refractivity contribution in [1.82, 2.24) is 0 Å². The molecule has 4 nitrogen and oxygen atoms in total. The Bertz CT molecular complexity index is 492. The molecular weight excluding hydrogens is 344 g/mol. The lowest BCUT2D eigenvalue weighted by atomic mass is 9.75. The van der Waals surface area contributed by atoms with Crippen LogP contribution < -0.4 is 0 Å². The molecule has 1 spiro atoms. The zero-order valence-corrected chi connectivity index (χ0v) is 19.1. The van der Waals surface area contributed by atoms with E-state index in [4.69, 9.17) is 13.9 Å². The summed E-state index contributed by atoms with van der Waals surface area (Å²) in [5.41, 5.74) is 1.81. The minimum Gasteiger partial charge on any atom is -0.413 e. The lowest BCUT2D eigenvalue weighted by molar-refractivity contribution is -0.309. The first-order valence-electron chi connectivity index (χ1n) is 10.3. The molecule has 3 atom stereocenters. The summed E-state index contributed by atoms with van der Waals surface area (Å²) in [4.78, 5) is 0.